The molecule has 2 rings (SSSR count). The lowest BCUT2D eigenvalue weighted by atomic mass is 10.1. The Morgan fingerprint density at radius 1 is 1.50 bits per heavy atom. The van der Waals surface area contributed by atoms with Gasteiger partial charge < -0.3 is 15.3 Å². The monoisotopic (exact) mass is 308 g/mol. The number of carbonyl (C=O) groups is 2. The molecule has 1 heterocycles. The molecule has 0 saturated carbocycles. The molecule has 2 amide bonds. The molecule has 5 nitrogen and oxygen atoms in total. The molecule has 1 fully saturated rings. The van der Waals surface area contributed by atoms with Crippen LogP contribution in [0.2, 0.25) is 0 Å². The molecule has 1 aromatic carbocycles. The van der Waals surface area contributed by atoms with Gasteiger partial charge in [0.1, 0.15) is 11.9 Å². The first kappa shape index (κ1) is 16.4. The summed E-state index contributed by atoms with van der Waals surface area (Å²) < 4.78 is 13.1. The van der Waals surface area contributed by atoms with Gasteiger partial charge in [0.25, 0.3) is 0 Å². The van der Waals surface area contributed by atoms with E-state index in [2.05, 4.69) is 5.32 Å². The molecule has 2 atom stereocenters. The van der Waals surface area contributed by atoms with Crippen LogP contribution in [0.25, 0.3) is 0 Å². The molecule has 0 aliphatic carbocycles. The Morgan fingerprint density at radius 3 is 2.82 bits per heavy atom. The van der Waals surface area contributed by atoms with E-state index in [1.807, 2.05) is 13.8 Å². The van der Waals surface area contributed by atoms with Gasteiger partial charge in [0.2, 0.25) is 11.8 Å². The van der Waals surface area contributed by atoms with Crippen molar-refractivity contribution < 1.29 is 19.1 Å². The summed E-state index contributed by atoms with van der Waals surface area (Å²) in [4.78, 5) is 25.8. The van der Waals surface area contributed by atoms with Crippen molar-refractivity contribution in [2.24, 2.45) is 0 Å². The molecule has 2 N–H and O–H groups in total. The largest absolute Gasteiger partial charge is 0.388 e. The number of hydrogen-bond donors (Lipinski definition) is 2. The minimum atomic E-state index is -1.09. The number of amides is 2. The smallest absolute Gasteiger partial charge is 0.245 e. The molecule has 0 aromatic heterocycles. The molecule has 6 heteroatoms. The van der Waals surface area contributed by atoms with E-state index in [0.29, 0.717) is 18.5 Å². The summed E-state index contributed by atoms with van der Waals surface area (Å²) in [7, 11) is 0. The van der Waals surface area contributed by atoms with E-state index in [-0.39, 0.29) is 18.4 Å². The molecule has 2 unspecified atom stereocenters. The van der Waals surface area contributed by atoms with E-state index >= 15 is 0 Å². The quantitative estimate of drug-likeness (QED) is 0.863. The number of nitrogens with zero attached hydrogens (tertiary/aromatic N) is 1. The van der Waals surface area contributed by atoms with Gasteiger partial charge in [-0.1, -0.05) is 12.1 Å². The van der Waals surface area contributed by atoms with Gasteiger partial charge in [-0.2, -0.15) is 0 Å². The molecule has 0 radical (unpaired) electrons. The number of aliphatic hydroxyl groups excluding tert-OH is 1. The zero-order valence-electron chi connectivity index (χ0n) is 12.8. The second-order valence-electron chi connectivity index (χ2n) is 5.81. The van der Waals surface area contributed by atoms with Crippen LogP contribution in [0.4, 0.5) is 4.39 Å². The maximum atomic E-state index is 13.1. The molecular weight excluding hydrogens is 287 g/mol. The molecule has 120 valence electrons. The lowest BCUT2D eigenvalue weighted by Gasteiger charge is -2.21. The molecule has 1 saturated heterocycles. The Bertz CT molecular complexity index is 562. The SMILES string of the molecule is CC(C)N1CCC(NC(=O)CC(O)c2cccc(F)c2)C1=O. The number of nitrogens with one attached hydrogen (secondary N) is 1. The third kappa shape index (κ3) is 3.82. The van der Waals surface area contributed by atoms with Gasteiger partial charge in [-0.05, 0) is 38.0 Å². The van der Waals surface area contributed by atoms with Gasteiger partial charge in [0.05, 0.1) is 12.5 Å². The number of rotatable bonds is 5. The zero-order valence-corrected chi connectivity index (χ0v) is 12.8. The standard InChI is InChI=1S/C16H21FN2O3/c1-10(2)19-7-6-13(16(19)22)18-15(21)9-14(20)11-4-3-5-12(17)8-11/h3-5,8,10,13-14,20H,6-7,9H2,1-2H3,(H,18,21). The highest BCUT2D eigenvalue weighted by Crippen LogP contribution is 2.19. The first-order valence-corrected chi connectivity index (χ1v) is 7.42. The first-order chi connectivity index (χ1) is 10.4. The van der Waals surface area contributed by atoms with Crippen molar-refractivity contribution in [3.8, 4) is 0 Å². The fraction of sp³-hybridized carbons (Fsp3) is 0.500. The van der Waals surface area contributed by atoms with Crippen molar-refractivity contribution >= 4 is 11.8 Å². The van der Waals surface area contributed by atoms with E-state index in [9.17, 15) is 19.1 Å². The number of carbonyl (C=O) groups excluding carboxylic acids is 2. The number of benzene rings is 1. The third-order valence-electron chi connectivity index (χ3n) is 3.81. The van der Waals surface area contributed by atoms with Crippen LogP contribution in [0.5, 0.6) is 0 Å². The lowest BCUT2D eigenvalue weighted by Crippen LogP contribution is -2.43. The van der Waals surface area contributed by atoms with Crippen LogP contribution in [0.15, 0.2) is 24.3 Å². The van der Waals surface area contributed by atoms with Crippen molar-refractivity contribution in [1.29, 1.82) is 0 Å². The Kier molecular flexibility index (Phi) is 5.13. The fourth-order valence-electron chi connectivity index (χ4n) is 2.61. The van der Waals surface area contributed by atoms with Crippen molar-refractivity contribution in [1.82, 2.24) is 10.2 Å². The summed E-state index contributed by atoms with van der Waals surface area (Å²) in [6, 6.07) is 5.07. The van der Waals surface area contributed by atoms with Gasteiger partial charge in [-0.25, -0.2) is 4.39 Å². The number of hydrogen-bond acceptors (Lipinski definition) is 3. The van der Waals surface area contributed by atoms with Crippen LogP contribution in [0.3, 0.4) is 0 Å². The molecular formula is C16H21FN2O3. The highest BCUT2D eigenvalue weighted by molar-refractivity contribution is 5.89. The first-order valence-electron chi connectivity index (χ1n) is 7.42. The highest BCUT2D eigenvalue weighted by Gasteiger charge is 2.34. The second kappa shape index (κ2) is 6.87. The summed E-state index contributed by atoms with van der Waals surface area (Å²) >= 11 is 0. The van der Waals surface area contributed by atoms with Crippen LogP contribution >= 0.6 is 0 Å². The van der Waals surface area contributed by atoms with Crippen LogP contribution in [-0.2, 0) is 9.59 Å². The summed E-state index contributed by atoms with van der Waals surface area (Å²) in [5, 5.41) is 12.6. The summed E-state index contributed by atoms with van der Waals surface area (Å²) in [6.07, 6.45) is -0.721. The predicted octanol–water partition coefficient (Wildman–Crippen LogP) is 1.37. The van der Waals surface area contributed by atoms with Gasteiger partial charge in [0, 0.05) is 12.6 Å². The molecule has 1 aliphatic heterocycles. The third-order valence-corrected chi connectivity index (χ3v) is 3.81. The van der Waals surface area contributed by atoms with E-state index in [4.69, 9.17) is 0 Å². The average molecular weight is 308 g/mol. The van der Waals surface area contributed by atoms with Crippen LogP contribution in [-0.4, -0.2) is 40.4 Å². The number of likely N-dealkylation sites (tertiary alicyclic amines) is 1. The Labute approximate surface area is 129 Å². The fourth-order valence-corrected chi connectivity index (χ4v) is 2.61. The average Bonchev–Trinajstić information content (AvgIpc) is 2.80. The van der Waals surface area contributed by atoms with Gasteiger partial charge in [-0.15, -0.1) is 0 Å². The van der Waals surface area contributed by atoms with Gasteiger partial charge >= 0.3 is 0 Å². The van der Waals surface area contributed by atoms with Crippen LogP contribution < -0.4 is 5.32 Å². The molecule has 0 bridgehead atoms. The Hall–Kier alpha value is -1.95. The molecule has 0 spiro atoms. The molecule has 1 aliphatic rings. The molecule has 1 aromatic rings. The normalized spacial score (nSPS) is 19.6. The van der Waals surface area contributed by atoms with E-state index in [1.54, 1.807) is 11.0 Å². The topological polar surface area (TPSA) is 69.6 Å². The Morgan fingerprint density at radius 2 is 2.23 bits per heavy atom. The Balaban J connectivity index is 1.89. The summed E-state index contributed by atoms with van der Waals surface area (Å²) in [6.45, 7) is 4.47. The zero-order chi connectivity index (χ0) is 16.3. The van der Waals surface area contributed by atoms with Crippen LogP contribution in [0, 0.1) is 5.82 Å². The summed E-state index contributed by atoms with van der Waals surface area (Å²) in [5.41, 5.74) is 0.344. The van der Waals surface area contributed by atoms with Gasteiger partial charge in [0.15, 0.2) is 0 Å². The van der Waals surface area contributed by atoms with E-state index in [1.165, 1.54) is 18.2 Å². The van der Waals surface area contributed by atoms with Crippen LogP contribution in [0.1, 0.15) is 38.4 Å². The van der Waals surface area contributed by atoms with Gasteiger partial charge in [-0.3, -0.25) is 9.59 Å². The van der Waals surface area contributed by atoms with E-state index in [0.717, 1.165) is 0 Å². The lowest BCUT2D eigenvalue weighted by molar-refractivity contribution is -0.134. The second-order valence-corrected chi connectivity index (χ2v) is 5.81. The predicted molar refractivity (Wildman–Crippen MR) is 79.4 cm³/mol. The minimum absolute atomic E-state index is 0.0939. The molecule has 22 heavy (non-hydrogen) atoms. The van der Waals surface area contributed by atoms with Crippen molar-refractivity contribution in [2.75, 3.05) is 6.54 Å². The van der Waals surface area contributed by atoms with Crippen molar-refractivity contribution in [3.05, 3.63) is 35.6 Å². The maximum Gasteiger partial charge on any atom is 0.245 e. The van der Waals surface area contributed by atoms with E-state index < -0.39 is 23.9 Å². The highest BCUT2D eigenvalue weighted by atomic mass is 19.1. The number of halogens is 1. The summed E-state index contributed by atoms with van der Waals surface area (Å²) in [5.74, 6) is -0.972. The minimum Gasteiger partial charge on any atom is -0.388 e. The van der Waals surface area contributed by atoms with Crippen molar-refractivity contribution in [2.45, 2.75) is 44.9 Å². The van der Waals surface area contributed by atoms with Crippen molar-refractivity contribution in [3.63, 3.8) is 0 Å². The number of aliphatic hydroxyl groups is 1. The maximum absolute atomic E-state index is 13.1.